The van der Waals surface area contributed by atoms with E-state index in [0.717, 1.165) is 4.31 Å². The van der Waals surface area contributed by atoms with Crippen molar-refractivity contribution in [3.05, 3.63) is 21.6 Å². The Morgan fingerprint density at radius 1 is 1.48 bits per heavy atom. The number of benzene rings is 1. The van der Waals surface area contributed by atoms with Crippen molar-refractivity contribution < 1.29 is 23.1 Å². The molecule has 9 heteroatoms. The molecule has 0 aliphatic carbocycles. The van der Waals surface area contributed by atoms with E-state index in [2.05, 4.69) is 15.9 Å². The number of hydrogen-bond donors (Lipinski definition) is 1. The molecule has 1 aromatic carbocycles. The van der Waals surface area contributed by atoms with Crippen LogP contribution >= 0.6 is 27.5 Å². The first-order chi connectivity index (χ1) is 9.73. The summed E-state index contributed by atoms with van der Waals surface area (Å²) in [7, 11) is -2.56. The van der Waals surface area contributed by atoms with Gasteiger partial charge in [0.2, 0.25) is 10.0 Å². The van der Waals surface area contributed by atoms with Crippen LogP contribution in [0.5, 0.6) is 5.75 Å². The Hall–Kier alpha value is -0.830. The zero-order chi connectivity index (χ0) is 16.2. The lowest BCUT2D eigenvalue weighted by Crippen LogP contribution is -2.33. The molecule has 0 saturated carbocycles. The number of ether oxygens (including phenoxy) is 1. The predicted octanol–water partition coefficient (Wildman–Crippen LogP) is 2.60. The minimum Gasteiger partial charge on any atom is -0.494 e. The van der Waals surface area contributed by atoms with Gasteiger partial charge in [-0.1, -0.05) is 18.5 Å². The van der Waals surface area contributed by atoms with Crippen molar-refractivity contribution in [1.29, 1.82) is 0 Å². The number of hydrogen-bond acceptors (Lipinski definition) is 4. The molecule has 0 unspecified atom stereocenters. The minimum absolute atomic E-state index is 0.100. The smallest absolute Gasteiger partial charge is 0.304 e. The van der Waals surface area contributed by atoms with Crippen LogP contribution in [0.1, 0.15) is 13.3 Å². The highest BCUT2D eigenvalue weighted by Crippen LogP contribution is 2.36. The highest BCUT2D eigenvalue weighted by atomic mass is 79.9. The summed E-state index contributed by atoms with van der Waals surface area (Å²) >= 11 is 9.10. The fourth-order valence-electron chi connectivity index (χ4n) is 1.73. The van der Waals surface area contributed by atoms with Crippen LogP contribution in [0.15, 0.2) is 21.5 Å². The highest BCUT2D eigenvalue weighted by Gasteiger charge is 2.28. The van der Waals surface area contributed by atoms with Gasteiger partial charge in [-0.05, 0) is 28.1 Å². The van der Waals surface area contributed by atoms with Crippen LogP contribution < -0.4 is 4.74 Å². The molecular formula is C12H15BrClNO5S. The molecule has 1 aromatic rings. The minimum atomic E-state index is -3.90. The molecule has 0 atom stereocenters. The molecule has 0 amide bonds. The van der Waals surface area contributed by atoms with Gasteiger partial charge < -0.3 is 9.84 Å². The first-order valence-electron chi connectivity index (χ1n) is 5.99. The molecule has 0 heterocycles. The van der Waals surface area contributed by atoms with Gasteiger partial charge in [0.25, 0.3) is 0 Å². The summed E-state index contributed by atoms with van der Waals surface area (Å²) in [6.07, 6.45) is -0.281. The lowest BCUT2D eigenvalue weighted by Gasteiger charge is -2.21. The summed E-state index contributed by atoms with van der Waals surface area (Å²) in [6.45, 7) is 1.65. The molecule has 0 saturated heterocycles. The van der Waals surface area contributed by atoms with Crippen LogP contribution in [-0.4, -0.2) is 44.0 Å². The van der Waals surface area contributed by atoms with Gasteiger partial charge in [-0.3, -0.25) is 4.79 Å². The summed E-state index contributed by atoms with van der Waals surface area (Å²) in [5.41, 5.74) is 0. The number of sulfonamides is 1. The van der Waals surface area contributed by atoms with Crippen LogP contribution in [0.3, 0.4) is 0 Å². The molecule has 1 N–H and O–H groups in total. The fraction of sp³-hybridized carbons (Fsp3) is 0.417. The van der Waals surface area contributed by atoms with E-state index in [4.69, 9.17) is 21.4 Å². The number of carbonyl (C=O) groups is 1. The second kappa shape index (κ2) is 7.44. The largest absolute Gasteiger partial charge is 0.494 e. The number of methoxy groups -OCH3 is 1. The van der Waals surface area contributed by atoms with Crippen LogP contribution in [-0.2, 0) is 14.8 Å². The third-order valence-corrected chi connectivity index (χ3v) is 5.51. The highest BCUT2D eigenvalue weighted by molar-refractivity contribution is 9.10. The van der Waals surface area contributed by atoms with Crippen LogP contribution in [0.4, 0.5) is 0 Å². The molecule has 0 bridgehead atoms. The Kier molecular flexibility index (Phi) is 6.45. The Balaban J connectivity index is 3.31. The molecule has 1 rings (SSSR count). The zero-order valence-electron chi connectivity index (χ0n) is 11.5. The monoisotopic (exact) mass is 399 g/mol. The Morgan fingerprint density at radius 2 is 2.10 bits per heavy atom. The van der Waals surface area contributed by atoms with Gasteiger partial charge in [-0.15, -0.1) is 0 Å². The van der Waals surface area contributed by atoms with E-state index in [1.54, 1.807) is 6.92 Å². The average molecular weight is 401 g/mol. The summed E-state index contributed by atoms with van der Waals surface area (Å²) in [5, 5.41) is 8.94. The van der Waals surface area contributed by atoms with Crippen molar-refractivity contribution in [1.82, 2.24) is 4.31 Å². The Bertz CT molecular complexity index is 635. The van der Waals surface area contributed by atoms with Gasteiger partial charge >= 0.3 is 5.97 Å². The van der Waals surface area contributed by atoms with Gasteiger partial charge in [0.1, 0.15) is 4.90 Å². The van der Waals surface area contributed by atoms with Gasteiger partial charge in [-0.25, -0.2) is 8.42 Å². The van der Waals surface area contributed by atoms with Gasteiger partial charge in [0, 0.05) is 18.1 Å². The lowest BCUT2D eigenvalue weighted by atomic mass is 10.3. The standard InChI is InChI=1S/C12H15BrClNO5S/c1-3-15(5-4-11(16)17)21(18,19)10-7-8(14)6-9(13)12(10)20-2/h6-7H,3-5H2,1-2H3,(H,16,17). The fourth-order valence-corrected chi connectivity index (χ4v) is 4.56. The summed E-state index contributed by atoms with van der Waals surface area (Å²) < 4.78 is 31.9. The second-order valence-corrected chi connectivity index (χ2v) is 7.26. The van der Waals surface area contributed by atoms with Crippen molar-refractivity contribution in [2.45, 2.75) is 18.2 Å². The van der Waals surface area contributed by atoms with Crippen molar-refractivity contribution in [2.24, 2.45) is 0 Å². The number of carboxylic acids is 1. The Labute approximate surface area is 136 Å². The molecule has 0 radical (unpaired) electrons. The van der Waals surface area contributed by atoms with Gasteiger partial charge in [0.05, 0.1) is 18.0 Å². The quantitative estimate of drug-likeness (QED) is 0.760. The molecule has 118 valence electrons. The van der Waals surface area contributed by atoms with E-state index in [1.165, 1.54) is 19.2 Å². The van der Waals surface area contributed by atoms with Crippen molar-refractivity contribution in [3.8, 4) is 5.75 Å². The molecule has 0 spiro atoms. The average Bonchev–Trinajstić information content (AvgIpc) is 2.37. The van der Waals surface area contributed by atoms with Gasteiger partial charge in [-0.2, -0.15) is 4.31 Å². The third kappa shape index (κ3) is 4.32. The molecule has 0 fully saturated rings. The number of rotatable bonds is 7. The SMILES string of the molecule is CCN(CCC(=O)O)S(=O)(=O)c1cc(Cl)cc(Br)c1OC. The van der Waals surface area contributed by atoms with E-state index in [0.29, 0.717) is 4.47 Å². The van der Waals surface area contributed by atoms with E-state index in [9.17, 15) is 13.2 Å². The molecular weight excluding hydrogens is 386 g/mol. The van der Waals surface area contributed by atoms with Crippen LogP contribution in [0.25, 0.3) is 0 Å². The van der Waals surface area contributed by atoms with E-state index < -0.39 is 16.0 Å². The topological polar surface area (TPSA) is 83.9 Å². The molecule has 0 aliphatic rings. The lowest BCUT2D eigenvalue weighted by molar-refractivity contribution is -0.137. The molecule has 21 heavy (non-hydrogen) atoms. The van der Waals surface area contributed by atoms with Gasteiger partial charge in [0.15, 0.2) is 5.75 Å². The summed E-state index contributed by atoms with van der Waals surface area (Å²) in [5.74, 6) is -0.934. The maximum Gasteiger partial charge on any atom is 0.304 e. The van der Waals surface area contributed by atoms with Crippen molar-refractivity contribution in [2.75, 3.05) is 20.2 Å². The maximum absolute atomic E-state index is 12.6. The third-order valence-electron chi connectivity index (χ3n) is 2.72. The number of aliphatic carboxylic acids is 1. The molecule has 0 aliphatic heterocycles. The van der Waals surface area contributed by atoms with Crippen molar-refractivity contribution >= 4 is 43.5 Å². The number of carboxylic acid groups (broad SMARTS) is 1. The number of halogens is 2. The van der Waals surface area contributed by atoms with Crippen LogP contribution in [0.2, 0.25) is 5.02 Å². The van der Waals surface area contributed by atoms with Crippen molar-refractivity contribution in [3.63, 3.8) is 0 Å². The first kappa shape index (κ1) is 18.2. The van der Waals surface area contributed by atoms with E-state index in [-0.39, 0.29) is 35.2 Å². The first-order valence-corrected chi connectivity index (χ1v) is 8.60. The maximum atomic E-state index is 12.6. The summed E-state index contributed by atoms with van der Waals surface area (Å²) in [4.78, 5) is 10.5. The van der Waals surface area contributed by atoms with E-state index in [1.807, 2.05) is 0 Å². The summed E-state index contributed by atoms with van der Waals surface area (Å²) in [6, 6.07) is 2.80. The zero-order valence-corrected chi connectivity index (χ0v) is 14.6. The molecule has 6 nitrogen and oxygen atoms in total. The predicted molar refractivity (Wildman–Crippen MR) is 82.4 cm³/mol. The number of nitrogens with zero attached hydrogens (tertiary/aromatic N) is 1. The Morgan fingerprint density at radius 3 is 2.57 bits per heavy atom. The second-order valence-electron chi connectivity index (χ2n) is 4.06. The molecule has 0 aromatic heterocycles. The van der Waals surface area contributed by atoms with E-state index >= 15 is 0 Å². The normalized spacial score (nSPS) is 11.7. The van der Waals surface area contributed by atoms with Crippen LogP contribution in [0, 0.1) is 0 Å².